The Morgan fingerprint density at radius 3 is 2.40 bits per heavy atom. The Labute approximate surface area is 127 Å². The first-order chi connectivity index (χ1) is 9.30. The summed E-state index contributed by atoms with van der Waals surface area (Å²) in [5.41, 5.74) is 2.19. The average Bonchev–Trinajstić information content (AvgIpc) is 2.37. The number of Topliss-reactive ketones (excluding diaryl/α,β-unsaturated/α-hetero) is 1. The van der Waals surface area contributed by atoms with E-state index in [0.29, 0.717) is 22.0 Å². The first kappa shape index (κ1) is 15.4. The Morgan fingerprint density at radius 1 is 1.30 bits per heavy atom. The SMILES string of the molecule is CC(=O)c1ccc(N(C)C2CCC(C)(C)CC2)cc1Cl. The molecular formula is C17H24ClNO. The van der Waals surface area contributed by atoms with Crippen LogP contribution >= 0.6 is 11.6 Å². The number of hydrogen-bond acceptors (Lipinski definition) is 2. The first-order valence-corrected chi connectivity index (χ1v) is 7.71. The molecule has 3 heteroatoms. The van der Waals surface area contributed by atoms with Crippen molar-refractivity contribution in [2.75, 3.05) is 11.9 Å². The van der Waals surface area contributed by atoms with E-state index < -0.39 is 0 Å². The third-order valence-corrected chi connectivity index (χ3v) is 4.91. The third kappa shape index (κ3) is 3.35. The number of anilines is 1. The fourth-order valence-electron chi connectivity index (χ4n) is 2.99. The highest BCUT2D eigenvalue weighted by Crippen LogP contribution is 2.38. The number of carbonyl (C=O) groups is 1. The lowest BCUT2D eigenvalue weighted by Gasteiger charge is -2.39. The number of halogens is 1. The van der Waals surface area contributed by atoms with Crippen molar-refractivity contribution in [3.05, 3.63) is 28.8 Å². The van der Waals surface area contributed by atoms with Gasteiger partial charge in [-0.3, -0.25) is 4.79 Å². The summed E-state index contributed by atoms with van der Waals surface area (Å²) >= 11 is 6.21. The van der Waals surface area contributed by atoms with Crippen LogP contribution in [0.25, 0.3) is 0 Å². The Bertz CT molecular complexity index is 500. The van der Waals surface area contributed by atoms with Crippen LogP contribution in [-0.2, 0) is 0 Å². The van der Waals surface area contributed by atoms with Crippen molar-refractivity contribution < 1.29 is 4.79 Å². The normalized spacial score (nSPS) is 18.9. The predicted octanol–water partition coefficient (Wildman–Crippen LogP) is 4.95. The van der Waals surface area contributed by atoms with Gasteiger partial charge in [0, 0.05) is 24.3 Å². The molecule has 0 aliphatic heterocycles. The van der Waals surface area contributed by atoms with Crippen LogP contribution in [0.5, 0.6) is 0 Å². The second kappa shape index (κ2) is 5.77. The number of nitrogens with zero attached hydrogens (tertiary/aromatic N) is 1. The topological polar surface area (TPSA) is 20.3 Å². The van der Waals surface area contributed by atoms with Crippen molar-refractivity contribution in [1.82, 2.24) is 0 Å². The molecule has 2 nitrogen and oxygen atoms in total. The van der Waals surface area contributed by atoms with Crippen LogP contribution in [0.4, 0.5) is 5.69 Å². The van der Waals surface area contributed by atoms with Gasteiger partial charge in [0.05, 0.1) is 5.02 Å². The van der Waals surface area contributed by atoms with Crippen molar-refractivity contribution in [2.24, 2.45) is 5.41 Å². The summed E-state index contributed by atoms with van der Waals surface area (Å²) < 4.78 is 0. The van der Waals surface area contributed by atoms with E-state index in [1.54, 1.807) is 6.92 Å². The minimum atomic E-state index is 0.0172. The van der Waals surface area contributed by atoms with Gasteiger partial charge in [0.1, 0.15) is 0 Å². The van der Waals surface area contributed by atoms with Crippen LogP contribution in [-0.4, -0.2) is 18.9 Å². The van der Waals surface area contributed by atoms with Gasteiger partial charge in [0.15, 0.2) is 5.78 Å². The molecule has 1 aliphatic rings. The largest absolute Gasteiger partial charge is 0.372 e. The van der Waals surface area contributed by atoms with Crippen molar-refractivity contribution in [1.29, 1.82) is 0 Å². The van der Waals surface area contributed by atoms with Gasteiger partial charge in [-0.25, -0.2) is 0 Å². The van der Waals surface area contributed by atoms with Crippen molar-refractivity contribution in [2.45, 2.75) is 52.5 Å². The lowest BCUT2D eigenvalue weighted by molar-refractivity contribution is 0.101. The first-order valence-electron chi connectivity index (χ1n) is 7.33. The second-order valence-corrected chi connectivity index (χ2v) is 7.13. The summed E-state index contributed by atoms with van der Waals surface area (Å²) in [6.45, 7) is 6.25. The molecule has 1 aromatic carbocycles. The summed E-state index contributed by atoms with van der Waals surface area (Å²) in [4.78, 5) is 13.7. The number of hydrogen-bond donors (Lipinski definition) is 0. The highest BCUT2D eigenvalue weighted by molar-refractivity contribution is 6.34. The lowest BCUT2D eigenvalue weighted by atomic mass is 9.75. The highest BCUT2D eigenvalue weighted by atomic mass is 35.5. The standard InChI is InChI=1S/C17H24ClNO/c1-12(20)15-6-5-14(11-16(15)18)19(4)13-7-9-17(2,3)10-8-13/h5-6,11,13H,7-10H2,1-4H3. The maximum Gasteiger partial charge on any atom is 0.161 e. The van der Waals surface area contributed by atoms with E-state index in [-0.39, 0.29) is 5.78 Å². The molecule has 0 saturated heterocycles. The monoisotopic (exact) mass is 293 g/mol. The molecule has 2 rings (SSSR count). The van der Waals surface area contributed by atoms with E-state index in [4.69, 9.17) is 11.6 Å². The molecule has 0 spiro atoms. The zero-order valence-corrected chi connectivity index (χ0v) is 13.6. The molecule has 0 radical (unpaired) electrons. The molecular weight excluding hydrogens is 270 g/mol. The number of benzene rings is 1. The van der Waals surface area contributed by atoms with Crippen molar-refractivity contribution in [3.63, 3.8) is 0 Å². The lowest BCUT2D eigenvalue weighted by Crippen LogP contribution is -2.37. The molecule has 1 aliphatic carbocycles. The van der Waals surface area contributed by atoms with Gasteiger partial charge < -0.3 is 4.90 Å². The minimum Gasteiger partial charge on any atom is -0.372 e. The van der Waals surface area contributed by atoms with E-state index in [1.165, 1.54) is 25.7 Å². The smallest absolute Gasteiger partial charge is 0.161 e. The van der Waals surface area contributed by atoms with Crippen LogP contribution in [0.2, 0.25) is 5.02 Å². The Balaban J connectivity index is 2.12. The molecule has 0 amide bonds. The Kier molecular flexibility index (Phi) is 4.43. The van der Waals surface area contributed by atoms with Gasteiger partial charge in [-0.15, -0.1) is 0 Å². The maximum absolute atomic E-state index is 11.4. The Hall–Kier alpha value is -1.02. The maximum atomic E-state index is 11.4. The number of carbonyl (C=O) groups excluding carboxylic acids is 1. The van der Waals surface area contributed by atoms with Gasteiger partial charge in [0.25, 0.3) is 0 Å². The zero-order chi connectivity index (χ0) is 14.9. The van der Waals surface area contributed by atoms with Gasteiger partial charge in [0.2, 0.25) is 0 Å². The average molecular weight is 294 g/mol. The fourth-order valence-corrected chi connectivity index (χ4v) is 3.30. The van der Waals surface area contributed by atoms with Crippen LogP contribution in [0, 0.1) is 5.41 Å². The summed E-state index contributed by atoms with van der Waals surface area (Å²) in [7, 11) is 2.13. The molecule has 0 aromatic heterocycles. The quantitative estimate of drug-likeness (QED) is 0.735. The Morgan fingerprint density at radius 2 is 1.90 bits per heavy atom. The van der Waals surface area contributed by atoms with E-state index >= 15 is 0 Å². The fraction of sp³-hybridized carbons (Fsp3) is 0.588. The van der Waals surface area contributed by atoms with Gasteiger partial charge >= 0.3 is 0 Å². The van der Waals surface area contributed by atoms with Crippen LogP contribution < -0.4 is 4.90 Å². The van der Waals surface area contributed by atoms with E-state index in [9.17, 15) is 4.79 Å². The zero-order valence-electron chi connectivity index (χ0n) is 12.9. The number of rotatable bonds is 3. The van der Waals surface area contributed by atoms with Gasteiger partial charge in [-0.1, -0.05) is 25.4 Å². The third-order valence-electron chi connectivity index (χ3n) is 4.60. The van der Waals surface area contributed by atoms with Crippen LogP contribution in [0.3, 0.4) is 0 Å². The molecule has 1 aromatic rings. The van der Waals surface area contributed by atoms with Crippen molar-refractivity contribution in [3.8, 4) is 0 Å². The molecule has 1 fully saturated rings. The molecule has 0 atom stereocenters. The van der Waals surface area contributed by atoms with Gasteiger partial charge in [-0.2, -0.15) is 0 Å². The molecule has 20 heavy (non-hydrogen) atoms. The van der Waals surface area contributed by atoms with E-state index in [1.807, 2.05) is 18.2 Å². The molecule has 0 bridgehead atoms. The summed E-state index contributed by atoms with van der Waals surface area (Å²) in [5.74, 6) is 0.0172. The number of ketones is 1. The minimum absolute atomic E-state index is 0.0172. The summed E-state index contributed by atoms with van der Waals surface area (Å²) in [5, 5.41) is 0.554. The van der Waals surface area contributed by atoms with Crippen LogP contribution in [0.1, 0.15) is 56.8 Å². The predicted molar refractivity (Wildman–Crippen MR) is 85.9 cm³/mol. The molecule has 0 unspecified atom stereocenters. The molecule has 0 N–H and O–H groups in total. The van der Waals surface area contributed by atoms with Crippen LogP contribution in [0.15, 0.2) is 18.2 Å². The molecule has 0 heterocycles. The van der Waals surface area contributed by atoms with Crippen molar-refractivity contribution >= 4 is 23.1 Å². The molecule has 110 valence electrons. The second-order valence-electron chi connectivity index (χ2n) is 6.73. The highest BCUT2D eigenvalue weighted by Gasteiger charge is 2.29. The van der Waals surface area contributed by atoms with E-state index in [0.717, 1.165) is 5.69 Å². The van der Waals surface area contributed by atoms with E-state index in [2.05, 4.69) is 25.8 Å². The van der Waals surface area contributed by atoms with Gasteiger partial charge in [-0.05, 0) is 56.2 Å². The molecule has 1 saturated carbocycles. The summed E-state index contributed by atoms with van der Waals surface area (Å²) in [6.07, 6.45) is 4.97. The summed E-state index contributed by atoms with van der Waals surface area (Å²) in [6, 6.07) is 6.33.